The average molecular weight is 539 g/mol. The molecule has 0 aromatic heterocycles. The van der Waals surface area contributed by atoms with Gasteiger partial charge >= 0.3 is 6.64 Å². The second-order valence-electron chi connectivity index (χ2n) is 8.00. The minimum Gasteiger partial charge on any atom is -0.431 e. The van der Waals surface area contributed by atoms with Crippen LogP contribution in [-0.2, 0) is 16.3 Å². The van der Waals surface area contributed by atoms with Gasteiger partial charge in [-0.25, -0.2) is 5.09 Å². The molecule has 1 aromatic carbocycles. The second kappa shape index (κ2) is 18.4. The Bertz CT molecular complexity index is 654. The summed E-state index contributed by atoms with van der Waals surface area (Å²) in [5.74, 6) is 0.467. The molecule has 0 aliphatic carbocycles. The van der Waals surface area contributed by atoms with Crippen molar-refractivity contribution in [1.82, 2.24) is 17.4 Å². The van der Waals surface area contributed by atoms with Gasteiger partial charge in [0.1, 0.15) is 5.75 Å². The van der Waals surface area contributed by atoms with Gasteiger partial charge in [0, 0.05) is 18.2 Å². The van der Waals surface area contributed by atoms with Crippen LogP contribution in [0.4, 0.5) is 0 Å². The lowest BCUT2D eigenvalue weighted by Gasteiger charge is -2.24. The molecule has 7 nitrogen and oxygen atoms in total. The average Bonchev–Trinajstić information content (AvgIpc) is 2.64. The smallest absolute Gasteiger partial charge is 0.312 e. The Hall–Kier alpha value is 0.01000. The van der Waals surface area contributed by atoms with E-state index < -0.39 is 17.8 Å². The Morgan fingerprint density at radius 2 is 1.47 bits per heavy atom. The third-order valence-corrected chi connectivity index (χ3v) is 7.43. The van der Waals surface area contributed by atoms with Gasteiger partial charge in [0.25, 0.3) is 0 Å². The normalized spacial score (nSPS) is 12.7. The van der Waals surface area contributed by atoms with Crippen LogP contribution >= 0.6 is 29.8 Å². The number of hydrogen-bond acceptors (Lipinski definition) is 7. The zero-order chi connectivity index (χ0) is 24.2. The van der Waals surface area contributed by atoms with Crippen molar-refractivity contribution in [3.63, 3.8) is 0 Å². The zero-order valence-electron chi connectivity index (χ0n) is 21.2. The molecule has 1 rings (SSSR count). The molecule has 0 aliphatic rings. The summed E-state index contributed by atoms with van der Waals surface area (Å²) in [6, 6.07) is 5.12. The molecule has 1 atom stereocenters. The first-order valence-electron chi connectivity index (χ1n) is 10.1. The molecule has 1 aromatic rings. The fourth-order valence-electron chi connectivity index (χ4n) is 1.36. The molecule has 9 N–H and O–H groups in total. The molecule has 0 amide bonds. The highest BCUT2D eigenvalue weighted by atomic mass is 35.5. The molecule has 1 unspecified atom stereocenters. The van der Waals surface area contributed by atoms with Crippen LogP contribution in [0.25, 0.3) is 0 Å². The maximum Gasteiger partial charge on any atom is 0.312 e. The first-order chi connectivity index (χ1) is 13.5. The lowest BCUT2D eigenvalue weighted by atomic mass is 10.0. The molecule has 0 spiro atoms. The molecule has 0 saturated heterocycles. The van der Waals surface area contributed by atoms with Crippen molar-refractivity contribution in [1.29, 1.82) is 0 Å². The number of halogens is 2. The summed E-state index contributed by atoms with van der Waals surface area (Å²) in [5, 5.41) is 22.0. The van der Waals surface area contributed by atoms with Crippen LogP contribution < -0.4 is 21.9 Å². The van der Waals surface area contributed by atoms with E-state index in [1.54, 1.807) is 32.0 Å². The fourth-order valence-corrected chi connectivity index (χ4v) is 4.02. The van der Waals surface area contributed by atoms with Gasteiger partial charge in [-0.3, -0.25) is 0 Å². The Morgan fingerprint density at radius 3 is 1.72 bits per heavy atom. The third-order valence-electron chi connectivity index (χ3n) is 4.16. The molecule has 11 heteroatoms. The van der Waals surface area contributed by atoms with E-state index in [2.05, 4.69) is 5.09 Å². The first kappa shape index (κ1) is 39.2. The van der Waals surface area contributed by atoms with E-state index in [-0.39, 0.29) is 18.3 Å². The van der Waals surface area contributed by atoms with E-state index in [4.69, 9.17) is 54.3 Å². The minimum atomic E-state index is -2.56. The number of rotatable bonds is 8. The molecule has 0 heterocycles. The molecule has 0 bridgehead atoms. The summed E-state index contributed by atoms with van der Waals surface area (Å²) >= 11 is 17.1. The van der Waals surface area contributed by atoms with E-state index in [0.29, 0.717) is 15.8 Å². The third kappa shape index (κ3) is 20.6. The summed E-state index contributed by atoms with van der Waals surface area (Å²) in [4.78, 5) is 0. The van der Waals surface area contributed by atoms with E-state index in [1.165, 1.54) is 7.11 Å². The number of benzene rings is 1. The lowest BCUT2D eigenvalue weighted by Crippen LogP contribution is -2.22. The summed E-state index contributed by atoms with van der Waals surface area (Å²) < 4.78 is 10.9. The maximum atomic E-state index is 9.13. The topological polar surface area (TPSA) is 141 Å². The molecular weight excluding hydrogens is 492 g/mol. The highest BCUT2D eigenvalue weighted by Gasteiger charge is 2.21. The SMILES string of the molecule is CCC(C)(C)O.CCC(C)(O)CC.COP(=S)(NC(C)C)Oc1ccc(Cl)cc1Cl.N.N. The van der Waals surface area contributed by atoms with Crippen molar-refractivity contribution in [3.05, 3.63) is 28.2 Å². The van der Waals surface area contributed by atoms with E-state index in [1.807, 2.05) is 41.5 Å². The summed E-state index contributed by atoms with van der Waals surface area (Å²) in [6.45, 7) is 12.8. The van der Waals surface area contributed by atoms with E-state index in [9.17, 15) is 0 Å². The fraction of sp³-hybridized carbons (Fsp3) is 0.714. The molecular formula is C21H46Cl2N3O4PS. The van der Waals surface area contributed by atoms with Gasteiger partial charge in [-0.05, 0) is 83.9 Å². The summed E-state index contributed by atoms with van der Waals surface area (Å²) in [5.41, 5.74) is -0.875. The Kier molecular flexibility index (Phi) is 22.5. The van der Waals surface area contributed by atoms with Gasteiger partial charge in [0.15, 0.2) is 0 Å². The predicted octanol–water partition coefficient (Wildman–Crippen LogP) is 7.29. The van der Waals surface area contributed by atoms with Gasteiger partial charge in [-0.2, -0.15) is 0 Å². The van der Waals surface area contributed by atoms with Crippen LogP contribution in [-0.4, -0.2) is 34.6 Å². The van der Waals surface area contributed by atoms with Gasteiger partial charge < -0.3 is 31.6 Å². The van der Waals surface area contributed by atoms with Gasteiger partial charge in [-0.15, -0.1) is 0 Å². The second-order valence-corrected chi connectivity index (χ2v) is 12.1. The van der Waals surface area contributed by atoms with Gasteiger partial charge in [0.2, 0.25) is 0 Å². The molecule has 0 aliphatic heterocycles. The van der Waals surface area contributed by atoms with Crippen LogP contribution in [0.15, 0.2) is 18.2 Å². The molecule has 0 fully saturated rings. The predicted molar refractivity (Wildman–Crippen MR) is 144 cm³/mol. The number of aliphatic hydroxyl groups is 2. The highest BCUT2D eigenvalue weighted by molar-refractivity contribution is 8.09. The molecule has 32 heavy (non-hydrogen) atoms. The van der Waals surface area contributed by atoms with Crippen LogP contribution in [0.5, 0.6) is 5.75 Å². The monoisotopic (exact) mass is 537 g/mol. The largest absolute Gasteiger partial charge is 0.431 e. The van der Waals surface area contributed by atoms with E-state index in [0.717, 1.165) is 19.3 Å². The molecule has 194 valence electrons. The van der Waals surface area contributed by atoms with Crippen molar-refractivity contribution in [3.8, 4) is 5.75 Å². The summed E-state index contributed by atoms with van der Waals surface area (Å²) in [7, 11) is 1.51. The minimum absolute atomic E-state index is 0. The first-order valence-corrected chi connectivity index (χ1v) is 13.5. The molecule has 0 radical (unpaired) electrons. The quantitative estimate of drug-likeness (QED) is 0.217. The van der Waals surface area contributed by atoms with Crippen molar-refractivity contribution in [2.24, 2.45) is 0 Å². The highest BCUT2D eigenvalue weighted by Crippen LogP contribution is 2.46. The summed E-state index contributed by atoms with van der Waals surface area (Å²) in [6.07, 6.45) is 2.53. The Balaban J connectivity index is -0.000000219. The number of nitrogens with one attached hydrogen (secondary N) is 1. The van der Waals surface area contributed by atoms with Crippen LogP contribution in [0, 0.1) is 0 Å². The van der Waals surface area contributed by atoms with Gasteiger partial charge in [-0.1, -0.05) is 44.0 Å². The number of hydrogen-bond donors (Lipinski definition) is 5. The van der Waals surface area contributed by atoms with Crippen LogP contribution in [0.3, 0.4) is 0 Å². The van der Waals surface area contributed by atoms with Crippen LogP contribution in [0.1, 0.15) is 74.7 Å². The lowest BCUT2D eigenvalue weighted by molar-refractivity contribution is 0.0521. The molecule has 0 saturated carbocycles. The van der Waals surface area contributed by atoms with Crippen LogP contribution in [0.2, 0.25) is 10.0 Å². The standard InChI is InChI=1S/C10H14Cl2NO2PS.C6H14O.C5H12O.2H3N/c1-7(2)13-16(17,14-3)15-10-5-4-8(11)6-9(10)12;1-4-6(3,7)5-2;1-4-5(2,3)6;;/h4-7H,1-3H3,(H,13,17);7H,4-5H2,1-3H3;6H,4H2,1-3H3;2*1H3. The van der Waals surface area contributed by atoms with Crippen molar-refractivity contribution >= 4 is 41.7 Å². The Morgan fingerprint density at radius 1 is 1.03 bits per heavy atom. The Labute approximate surface area is 211 Å². The zero-order valence-corrected chi connectivity index (χ0v) is 24.4. The van der Waals surface area contributed by atoms with Crippen molar-refractivity contribution < 1.29 is 19.3 Å². The van der Waals surface area contributed by atoms with Crippen molar-refractivity contribution in [2.75, 3.05) is 7.11 Å². The maximum absolute atomic E-state index is 9.13. The van der Waals surface area contributed by atoms with E-state index >= 15 is 0 Å². The van der Waals surface area contributed by atoms with Crippen molar-refractivity contribution in [2.45, 2.75) is 91.9 Å². The van der Waals surface area contributed by atoms with Gasteiger partial charge in [0.05, 0.1) is 16.2 Å².